The summed E-state index contributed by atoms with van der Waals surface area (Å²) in [6.45, 7) is 10.9. The van der Waals surface area contributed by atoms with Crippen molar-refractivity contribution in [1.82, 2.24) is 4.90 Å². The molecule has 1 saturated heterocycles. The van der Waals surface area contributed by atoms with Gasteiger partial charge in [-0.3, -0.25) is 4.90 Å². The molecule has 1 aromatic carbocycles. The number of hydrogen-bond acceptors (Lipinski definition) is 2. The van der Waals surface area contributed by atoms with Crippen molar-refractivity contribution in [2.75, 3.05) is 26.2 Å². The van der Waals surface area contributed by atoms with Gasteiger partial charge in [-0.1, -0.05) is 58.6 Å². The minimum atomic E-state index is 0.811. The second-order valence-electron chi connectivity index (χ2n) is 6.10. The average Bonchev–Trinajstić information content (AvgIpc) is 2.84. The fraction of sp³-hybridized carbons (Fsp3) is 0.700. The lowest BCUT2D eigenvalue weighted by Crippen LogP contribution is -2.29. The van der Waals surface area contributed by atoms with Gasteiger partial charge >= 0.3 is 0 Å². The van der Waals surface area contributed by atoms with E-state index in [0.29, 0.717) is 0 Å². The molecule has 126 valence electrons. The fourth-order valence-corrected chi connectivity index (χ4v) is 2.47. The van der Waals surface area contributed by atoms with E-state index < -0.39 is 0 Å². The number of unbranched alkanes of at least 4 members (excludes halogenated alkanes) is 1. The Hall–Kier alpha value is -1.02. The molecule has 1 heterocycles. The van der Waals surface area contributed by atoms with Crippen LogP contribution >= 0.6 is 0 Å². The van der Waals surface area contributed by atoms with Gasteiger partial charge < -0.3 is 4.74 Å². The third kappa shape index (κ3) is 8.43. The Balaban J connectivity index is 0.000000541. The minimum absolute atomic E-state index is 0.811. The molecule has 0 unspecified atom stereocenters. The predicted octanol–water partition coefficient (Wildman–Crippen LogP) is 5.31. The molecule has 2 nitrogen and oxygen atoms in total. The molecule has 0 aliphatic carbocycles. The summed E-state index contributed by atoms with van der Waals surface area (Å²) in [6.07, 6.45) is 9.23. The third-order valence-corrected chi connectivity index (χ3v) is 4.21. The Morgan fingerprint density at radius 2 is 1.45 bits per heavy atom. The van der Waals surface area contributed by atoms with Crippen molar-refractivity contribution in [2.45, 2.75) is 65.7 Å². The third-order valence-electron chi connectivity index (χ3n) is 4.21. The molecule has 0 aromatic heterocycles. The van der Waals surface area contributed by atoms with Gasteiger partial charge in [0.05, 0.1) is 0 Å². The molecule has 1 aliphatic heterocycles. The summed E-state index contributed by atoms with van der Waals surface area (Å²) >= 11 is 0. The molecule has 0 amide bonds. The van der Waals surface area contributed by atoms with Gasteiger partial charge in [-0.2, -0.15) is 0 Å². The molecule has 0 spiro atoms. The van der Waals surface area contributed by atoms with Crippen LogP contribution in [-0.4, -0.2) is 31.1 Å². The van der Waals surface area contributed by atoms with E-state index in [0.717, 1.165) is 25.3 Å². The van der Waals surface area contributed by atoms with Crippen LogP contribution in [0.5, 0.6) is 5.75 Å². The van der Waals surface area contributed by atoms with Gasteiger partial charge in [-0.25, -0.2) is 0 Å². The molecular formula is C20H35NO. The molecule has 0 atom stereocenters. The van der Waals surface area contributed by atoms with Crippen molar-refractivity contribution in [3.63, 3.8) is 0 Å². The second-order valence-corrected chi connectivity index (χ2v) is 6.10. The Kier molecular flexibility index (Phi) is 10.8. The van der Waals surface area contributed by atoms with Crippen LogP contribution in [0, 0.1) is 0 Å². The van der Waals surface area contributed by atoms with Gasteiger partial charge in [-0.15, -0.1) is 0 Å². The molecule has 0 N–H and O–H groups in total. The number of nitrogens with zero attached hydrogens (tertiary/aromatic N) is 1. The first kappa shape index (κ1) is 19.0. The van der Waals surface area contributed by atoms with Crippen LogP contribution in [0.25, 0.3) is 0 Å². The van der Waals surface area contributed by atoms with Gasteiger partial charge in [0, 0.05) is 6.54 Å². The standard InChI is InChI=1S/C16H25NO.C4H10/c1-2-15-7-9-16(10-8-15)18-14-13-17-11-5-3-4-6-12-17;1-3-4-2/h7-10H,2-6,11-14H2,1H3;3-4H2,1-2H3. The zero-order valence-corrected chi connectivity index (χ0v) is 14.9. The molecule has 0 radical (unpaired) electrons. The van der Waals surface area contributed by atoms with E-state index in [1.807, 2.05) is 0 Å². The average molecular weight is 306 g/mol. The monoisotopic (exact) mass is 305 g/mol. The summed E-state index contributed by atoms with van der Waals surface area (Å²) in [5, 5.41) is 0. The van der Waals surface area contributed by atoms with Gasteiger partial charge in [0.1, 0.15) is 12.4 Å². The number of likely N-dealkylation sites (tertiary alicyclic amines) is 1. The molecule has 1 aliphatic rings. The highest BCUT2D eigenvalue weighted by atomic mass is 16.5. The predicted molar refractivity (Wildman–Crippen MR) is 96.8 cm³/mol. The van der Waals surface area contributed by atoms with Crippen LogP contribution < -0.4 is 4.74 Å². The van der Waals surface area contributed by atoms with Crippen LogP contribution in [0.15, 0.2) is 24.3 Å². The smallest absolute Gasteiger partial charge is 0.119 e. The fourth-order valence-electron chi connectivity index (χ4n) is 2.47. The highest BCUT2D eigenvalue weighted by Crippen LogP contribution is 2.13. The lowest BCUT2D eigenvalue weighted by Gasteiger charge is -2.19. The van der Waals surface area contributed by atoms with Crippen molar-refractivity contribution in [1.29, 1.82) is 0 Å². The summed E-state index contributed by atoms with van der Waals surface area (Å²) < 4.78 is 5.81. The Morgan fingerprint density at radius 3 is 1.95 bits per heavy atom. The lowest BCUT2D eigenvalue weighted by atomic mass is 10.2. The van der Waals surface area contributed by atoms with Crippen molar-refractivity contribution >= 4 is 0 Å². The zero-order valence-electron chi connectivity index (χ0n) is 14.9. The molecule has 22 heavy (non-hydrogen) atoms. The maximum atomic E-state index is 5.81. The lowest BCUT2D eigenvalue weighted by molar-refractivity contribution is 0.214. The number of aryl methyl sites for hydroxylation is 1. The molecule has 1 aromatic rings. The maximum Gasteiger partial charge on any atom is 0.119 e. The summed E-state index contributed by atoms with van der Waals surface area (Å²) in [5.74, 6) is 1.00. The molecule has 2 heteroatoms. The van der Waals surface area contributed by atoms with E-state index in [2.05, 4.69) is 49.9 Å². The molecular weight excluding hydrogens is 270 g/mol. The number of rotatable bonds is 6. The second kappa shape index (κ2) is 12.5. The normalized spacial score (nSPS) is 15.6. The first-order valence-electron chi connectivity index (χ1n) is 9.24. The highest BCUT2D eigenvalue weighted by Gasteiger charge is 2.08. The van der Waals surface area contributed by atoms with Gasteiger partial charge in [-0.05, 0) is 50.0 Å². The van der Waals surface area contributed by atoms with E-state index in [9.17, 15) is 0 Å². The quantitative estimate of drug-likeness (QED) is 0.706. The van der Waals surface area contributed by atoms with Gasteiger partial charge in [0.25, 0.3) is 0 Å². The van der Waals surface area contributed by atoms with Crippen molar-refractivity contribution in [3.05, 3.63) is 29.8 Å². The number of benzene rings is 1. The van der Waals surface area contributed by atoms with Gasteiger partial charge in [0.15, 0.2) is 0 Å². The number of ether oxygens (including phenoxy) is 1. The maximum absolute atomic E-state index is 5.81. The topological polar surface area (TPSA) is 12.5 Å². The van der Waals surface area contributed by atoms with E-state index in [-0.39, 0.29) is 0 Å². The van der Waals surface area contributed by atoms with E-state index in [1.165, 1.54) is 57.2 Å². The van der Waals surface area contributed by atoms with Crippen LogP contribution in [0.3, 0.4) is 0 Å². The summed E-state index contributed by atoms with van der Waals surface area (Å²) in [7, 11) is 0. The Labute approximate surface area is 137 Å². The zero-order chi connectivity index (χ0) is 16.0. The first-order valence-corrected chi connectivity index (χ1v) is 9.24. The molecule has 0 bridgehead atoms. The van der Waals surface area contributed by atoms with Crippen LogP contribution in [0.4, 0.5) is 0 Å². The van der Waals surface area contributed by atoms with E-state index >= 15 is 0 Å². The summed E-state index contributed by atoms with van der Waals surface area (Å²) in [5.41, 5.74) is 1.37. The van der Waals surface area contributed by atoms with Crippen molar-refractivity contribution < 1.29 is 4.74 Å². The number of hydrogen-bond donors (Lipinski definition) is 0. The largest absolute Gasteiger partial charge is 0.492 e. The highest BCUT2D eigenvalue weighted by molar-refractivity contribution is 5.27. The van der Waals surface area contributed by atoms with Crippen molar-refractivity contribution in [2.24, 2.45) is 0 Å². The molecule has 0 saturated carbocycles. The molecule has 2 rings (SSSR count). The van der Waals surface area contributed by atoms with E-state index in [4.69, 9.17) is 4.74 Å². The minimum Gasteiger partial charge on any atom is -0.492 e. The summed E-state index contributed by atoms with van der Waals surface area (Å²) in [4.78, 5) is 2.54. The summed E-state index contributed by atoms with van der Waals surface area (Å²) in [6, 6.07) is 8.48. The van der Waals surface area contributed by atoms with Crippen LogP contribution in [0.1, 0.15) is 64.9 Å². The SMILES string of the molecule is CCCC.CCc1ccc(OCCN2CCCCCC2)cc1. The molecule has 1 fully saturated rings. The Morgan fingerprint density at radius 1 is 0.864 bits per heavy atom. The van der Waals surface area contributed by atoms with Crippen LogP contribution in [0.2, 0.25) is 0 Å². The van der Waals surface area contributed by atoms with Gasteiger partial charge in [0.2, 0.25) is 0 Å². The van der Waals surface area contributed by atoms with Crippen LogP contribution in [-0.2, 0) is 6.42 Å². The van der Waals surface area contributed by atoms with E-state index in [1.54, 1.807) is 0 Å². The first-order chi connectivity index (χ1) is 10.8. The Bertz CT molecular complexity index is 350. The van der Waals surface area contributed by atoms with Crippen molar-refractivity contribution in [3.8, 4) is 5.75 Å².